The predicted molar refractivity (Wildman–Crippen MR) is 98.6 cm³/mol. The number of hydrogen-bond acceptors (Lipinski definition) is 4. The molecule has 0 radical (unpaired) electrons. The van der Waals surface area contributed by atoms with Crippen molar-refractivity contribution in [1.29, 1.82) is 0 Å². The van der Waals surface area contributed by atoms with E-state index in [0.29, 0.717) is 17.2 Å². The van der Waals surface area contributed by atoms with E-state index in [1.807, 2.05) is 0 Å². The van der Waals surface area contributed by atoms with Gasteiger partial charge in [-0.1, -0.05) is 25.7 Å². The van der Waals surface area contributed by atoms with Gasteiger partial charge in [-0.2, -0.15) is 4.31 Å². The van der Waals surface area contributed by atoms with Crippen molar-refractivity contribution >= 4 is 43.2 Å². The van der Waals surface area contributed by atoms with Crippen LogP contribution in [-0.4, -0.2) is 37.3 Å². The molecule has 0 aromatic carbocycles. The fourth-order valence-electron chi connectivity index (χ4n) is 3.56. The highest BCUT2D eigenvalue weighted by Crippen LogP contribution is 2.32. The molecule has 5 nitrogen and oxygen atoms in total. The van der Waals surface area contributed by atoms with Crippen molar-refractivity contribution in [3.05, 3.63) is 15.9 Å². The first-order chi connectivity index (χ1) is 11.5. The minimum Gasteiger partial charge on any atom is -0.352 e. The van der Waals surface area contributed by atoms with Crippen LogP contribution in [0.5, 0.6) is 0 Å². The topological polar surface area (TPSA) is 66.5 Å². The van der Waals surface area contributed by atoms with Crippen molar-refractivity contribution in [3.8, 4) is 0 Å². The Morgan fingerprint density at radius 3 is 2.46 bits per heavy atom. The third-order valence-corrected chi connectivity index (χ3v) is 8.82. The normalized spacial score (nSPS) is 24.0. The van der Waals surface area contributed by atoms with Crippen LogP contribution in [0.4, 0.5) is 0 Å². The molecule has 1 atom stereocenters. The first-order valence-corrected chi connectivity index (χ1v) is 11.6. The number of thiophene rings is 1. The monoisotopic (exact) mass is 434 g/mol. The summed E-state index contributed by atoms with van der Waals surface area (Å²) in [6, 6.07) is 2.96. The third kappa shape index (κ3) is 4.03. The van der Waals surface area contributed by atoms with E-state index in [4.69, 9.17) is 0 Å². The molecule has 1 aliphatic heterocycles. The second-order valence-corrected chi connectivity index (χ2v) is 11.1. The van der Waals surface area contributed by atoms with E-state index in [9.17, 15) is 13.2 Å². The van der Waals surface area contributed by atoms with Gasteiger partial charge in [0.05, 0.1) is 3.79 Å². The molecular formula is C16H23BrN2O3S2. The lowest BCUT2D eigenvalue weighted by atomic mass is 10.1. The van der Waals surface area contributed by atoms with Crippen LogP contribution in [0, 0.1) is 0 Å². The van der Waals surface area contributed by atoms with Crippen LogP contribution < -0.4 is 5.32 Å². The summed E-state index contributed by atoms with van der Waals surface area (Å²) in [5, 5.41) is 3.11. The van der Waals surface area contributed by atoms with Crippen LogP contribution in [0.25, 0.3) is 0 Å². The summed E-state index contributed by atoms with van der Waals surface area (Å²) in [6.45, 7) is 0.417. The average Bonchev–Trinajstić information content (AvgIpc) is 3.13. The molecule has 3 rings (SSSR count). The number of rotatable bonds is 4. The molecule has 2 heterocycles. The molecule has 0 spiro atoms. The summed E-state index contributed by atoms with van der Waals surface area (Å²) < 4.78 is 28.1. The molecule has 2 fully saturated rings. The van der Waals surface area contributed by atoms with E-state index in [1.165, 1.54) is 28.5 Å². The Balaban J connectivity index is 1.71. The van der Waals surface area contributed by atoms with Gasteiger partial charge in [-0.05, 0) is 53.7 Å². The lowest BCUT2D eigenvalue weighted by Crippen LogP contribution is -2.48. The second kappa shape index (κ2) is 7.85. The first-order valence-electron chi connectivity index (χ1n) is 8.56. The summed E-state index contributed by atoms with van der Waals surface area (Å²) in [7, 11) is -3.60. The zero-order chi connectivity index (χ0) is 17.2. The van der Waals surface area contributed by atoms with Gasteiger partial charge >= 0.3 is 0 Å². The zero-order valence-corrected chi connectivity index (χ0v) is 16.8. The van der Waals surface area contributed by atoms with Crippen LogP contribution >= 0.6 is 27.3 Å². The Kier molecular flexibility index (Phi) is 6.00. The summed E-state index contributed by atoms with van der Waals surface area (Å²) in [5.74, 6) is -0.126. The highest BCUT2D eigenvalue weighted by atomic mass is 79.9. The van der Waals surface area contributed by atoms with Crippen molar-refractivity contribution in [3.63, 3.8) is 0 Å². The van der Waals surface area contributed by atoms with Gasteiger partial charge in [0.25, 0.3) is 10.0 Å². The maximum atomic E-state index is 12.8. The number of carbonyl (C=O) groups is 1. The summed E-state index contributed by atoms with van der Waals surface area (Å²) in [4.78, 5) is 12.7. The maximum Gasteiger partial charge on any atom is 0.253 e. The van der Waals surface area contributed by atoms with Gasteiger partial charge in [0.15, 0.2) is 0 Å². The van der Waals surface area contributed by atoms with Gasteiger partial charge in [-0.15, -0.1) is 11.3 Å². The molecule has 1 aliphatic carbocycles. The zero-order valence-electron chi connectivity index (χ0n) is 13.5. The highest BCUT2D eigenvalue weighted by molar-refractivity contribution is 9.11. The fourth-order valence-corrected chi connectivity index (χ4v) is 7.36. The standard InChI is InChI=1S/C16H23BrN2O3S2/c17-14-9-10-15(23-14)24(21,22)19-11-5-8-13(19)16(20)18-12-6-3-1-2-4-7-12/h9-10,12-13H,1-8,11H2,(H,18,20). The Morgan fingerprint density at radius 2 is 1.83 bits per heavy atom. The first kappa shape index (κ1) is 18.4. The van der Waals surface area contributed by atoms with Crippen LogP contribution in [0.1, 0.15) is 51.4 Å². The van der Waals surface area contributed by atoms with Crippen molar-refractivity contribution in [2.75, 3.05) is 6.54 Å². The SMILES string of the molecule is O=C(NC1CCCCCC1)C1CCCN1S(=O)(=O)c1ccc(Br)s1. The van der Waals surface area contributed by atoms with E-state index in [-0.39, 0.29) is 11.9 Å². The van der Waals surface area contributed by atoms with Gasteiger partial charge in [0.2, 0.25) is 5.91 Å². The number of hydrogen-bond donors (Lipinski definition) is 1. The lowest BCUT2D eigenvalue weighted by Gasteiger charge is -2.25. The number of amides is 1. The third-order valence-electron chi connectivity index (χ3n) is 4.82. The molecule has 1 amide bonds. The van der Waals surface area contributed by atoms with E-state index in [1.54, 1.807) is 12.1 Å². The van der Waals surface area contributed by atoms with Crippen LogP contribution in [0.3, 0.4) is 0 Å². The largest absolute Gasteiger partial charge is 0.352 e. The Hall–Kier alpha value is -0.440. The lowest BCUT2D eigenvalue weighted by molar-refractivity contribution is -0.125. The van der Waals surface area contributed by atoms with Crippen LogP contribution in [-0.2, 0) is 14.8 Å². The summed E-state index contributed by atoms with van der Waals surface area (Å²) in [5.41, 5.74) is 0. The fraction of sp³-hybridized carbons (Fsp3) is 0.688. The molecule has 2 aliphatic rings. The van der Waals surface area contributed by atoms with E-state index in [2.05, 4.69) is 21.2 Å². The smallest absolute Gasteiger partial charge is 0.253 e. The van der Waals surface area contributed by atoms with E-state index < -0.39 is 16.1 Å². The minimum absolute atomic E-state index is 0.126. The van der Waals surface area contributed by atoms with Crippen molar-refractivity contribution < 1.29 is 13.2 Å². The number of nitrogens with one attached hydrogen (secondary N) is 1. The minimum atomic E-state index is -3.60. The van der Waals surface area contributed by atoms with Gasteiger partial charge < -0.3 is 5.32 Å². The predicted octanol–water partition coefficient (Wildman–Crippen LogP) is 3.50. The van der Waals surface area contributed by atoms with E-state index >= 15 is 0 Å². The molecule has 24 heavy (non-hydrogen) atoms. The van der Waals surface area contributed by atoms with Gasteiger partial charge in [0, 0.05) is 12.6 Å². The van der Waals surface area contributed by atoms with Gasteiger partial charge in [0.1, 0.15) is 10.3 Å². The molecule has 1 aromatic rings. The molecule has 1 saturated carbocycles. The van der Waals surface area contributed by atoms with Crippen molar-refractivity contribution in [1.82, 2.24) is 9.62 Å². The number of carbonyl (C=O) groups excluding carboxylic acids is 1. The molecular weight excluding hydrogens is 412 g/mol. The number of sulfonamides is 1. The highest BCUT2D eigenvalue weighted by Gasteiger charge is 2.40. The summed E-state index contributed by atoms with van der Waals surface area (Å²) >= 11 is 4.50. The quantitative estimate of drug-likeness (QED) is 0.737. The second-order valence-electron chi connectivity index (χ2n) is 6.53. The van der Waals surface area contributed by atoms with Crippen molar-refractivity contribution in [2.24, 2.45) is 0 Å². The van der Waals surface area contributed by atoms with E-state index in [0.717, 1.165) is 35.9 Å². The molecule has 1 aromatic heterocycles. The Bertz CT molecular complexity index is 681. The maximum absolute atomic E-state index is 12.8. The average molecular weight is 435 g/mol. The number of halogens is 1. The van der Waals surface area contributed by atoms with Crippen LogP contribution in [0.2, 0.25) is 0 Å². The molecule has 1 N–H and O–H groups in total. The Morgan fingerprint density at radius 1 is 1.12 bits per heavy atom. The summed E-state index contributed by atoms with van der Waals surface area (Å²) in [6.07, 6.45) is 8.07. The molecule has 134 valence electrons. The number of nitrogens with zero attached hydrogens (tertiary/aromatic N) is 1. The van der Waals surface area contributed by atoms with Crippen LogP contribution in [0.15, 0.2) is 20.1 Å². The van der Waals surface area contributed by atoms with Gasteiger partial charge in [-0.3, -0.25) is 4.79 Å². The molecule has 1 unspecified atom stereocenters. The van der Waals surface area contributed by atoms with Crippen molar-refractivity contribution in [2.45, 2.75) is 67.7 Å². The van der Waals surface area contributed by atoms with Gasteiger partial charge in [-0.25, -0.2) is 8.42 Å². The molecule has 8 heteroatoms. The Labute approximate surface area is 156 Å². The molecule has 1 saturated heterocycles. The molecule has 0 bridgehead atoms.